The van der Waals surface area contributed by atoms with Crippen molar-refractivity contribution < 1.29 is 9.53 Å². The van der Waals surface area contributed by atoms with Gasteiger partial charge in [0, 0.05) is 74.5 Å². The zero-order valence-corrected chi connectivity index (χ0v) is 27.9. The van der Waals surface area contributed by atoms with Gasteiger partial charge >= 0.3 is 6.09 Å². The van der Waals surface area contributed by atoms with E-state index in [1.165, 1.54) is 33.6 Å². The molecule has 45 heavy (non-hydrogen) atoms. The Hall–Kier alpha value is -3.98. The average Bonchev–Trinajstić information content (AvgIpc) is 3.36. The molecule has 0 unspecified atom stereocenters. The molecule has 0 spiro atoms. The van der Waals surface area contributed by atoms with Crippen molar-refractivity contribution in [2.75, 3.05) is 44.2 Å². The number of carbonyl (C=O) groups is 1. The van der Waals surface area contributed by atoms with Crippen molar-refractivity contribution in [3.8, 4) is 11.3 Å². The topological polar surface area (TPSA) is 90.5 Å². The van der Waals surface area contributed by atoms with E-state index in [2.05, 4.69) is 77.8 Å². The molecule has 238 valence electrons. The summed E-state index contributed by atoms with van der Waals surface area (Å²) >= 11 is 0. The van der Waals surface area contributed by atoms with Crippen LogP contribution in [0.3, 0.4) is 0 Å². The summed E-state index contributed by atoms with van der Waals surface area (Å²) in [4.78, 5) is 37.3. The number of piperazine rings is 1. The Kier molecular flexibility index (Phi) is 8.57. The zero-order valence-electron chi connectivity index (χ0n) is 27.9. The lowest BCUT2D eigenvalue weighted by Gasteiger charge is -2.36. The van der Waals surface area contributed by atoms with E-state index in [4.69, 9.17) is 14.7 Å². The summed E-state index contributed by atoms with van der Waals surface area (Å²) in [5.41, 5.74) is 11.2. The Balaban J connectivity index is 1.09. The van der Waals surface area contributed by atoms with Crippen molar-refractivity contribution in [1.29, 1.82) is 0 Å². The largest absolute Gasteiger partial charge is 0.444 e. The van der Waals surface area contributed by atoms with Gasteiger partial charge in [-0.15, -0.1) is 0 Å². The first-order valence-corrected chi connectivity index (χ1v) is 16.3. The molecule has 1 saturated heterocycles. The van der Waals surface area contributed by atoms with Gasteiger partial charge < -0.3 is 19.5 Å². The lowest BCUT2D eigenvalue weighted by Crippen LogP contribution is -2.50. The first-order chi connectivity index (χ1) is 21.4. The number of rotatable bonds is 6. The van der Waals surface area contributed by atoms with Gasteiger partial charge in [-0.1, -0.05) is 19.9 Å². The lowest BCUT2D eigenvalue weighted by molar-refractivity contribution is 0.0240. The van der Waals surface area contributed by atoms with Crippen molar-refractivity contribution in [2.45, 2.75) is 79.4 Å². The predicted octanol–water partition coefficient (Wildman–Crippen LogP) is 6.42. The molecule has 0 radical (unpaired) electrons. The van der Waals surface area contributed by atoms with E-state index in [0.29, 0.717) is 19.0 Å². The highest BCUT2D eigenvalue weighted by molar-refractivity contribution is 5.89. The number of ether oxygens (including phenoxy) is 1. The van der Waals surface area contributed by atoms with Gasteiger partial charge in [0.25, 0.3) is 0 Å². The number of hydrogen-bond donors (Lipinski definition) is 1. The van der Waals surface area contributed by atoms with Crippen molar-refractivity contribution in [3.63, 3.8) is 0 Å². The number of H-pyrrole nitrogens is 1. The first-order valence-electron chi connectivity index (χ1n) is 16.3. The number of pyridine rings is 3. The van der Waals surface area contributed by atoms with E-state index < -0.39 is 5.60 Å². The van der Waals surface area contributed by atoms with E-state index in [1.807, 2.05) is 27.0 Å². The molecule has 1 fully saturated rings. The number of aromatic nitrogens is 4. The highest BCUT2D eigenvalue weighted by Gasteiger charge is 2.27. The van der Waals surface area contributed by atoms with Crippen LogP contribution in [0.15, 0.2) is 36.5 Å². The maximum Gasteiger partial charge on any atom is 0.410 e. The van der Waals surface area contributed by atoms with Crippen LogP contribution < -0.4 is 4.90 Å². The van der Waals surface area contributed by atoms with E-state index >= 15 is 0 Å². The molecule has 6 heterocycles. The minimum atomic E-state index is -0.477. The second-order valence-electron chi connectivity index (χ2n) is 14.0. The standard InChI is InChI=1S/C36H47N7O2/c1-23(2)32-33(28-18-24(3)38-25(4)19-28)39-29-20-27-11-13-41(22-30(27)40-34(29)32)12-10-26-8-9-31(37-21-26)42-14-16-43(17-15-42)35(44)45-36(5,6)7/h8-9,18-21,23,39H,10-17,22H2,1-7H3. The third-order valence-electron chi connectivity index (χ3n) is 8.77. The van der Waals surface area contributed by atoms with E-state index in [0.717, 1.165) is 73.8 Å². The number of aryl methyl sites for hydroxylation is 2. The van der Waals surface area contributed by atoms with Gasteiger partial charge in [-0.25, -0.2) is 14.8 Å². The van der Waals surface area contributed by atoms with Crippen molar-refractivity contribution >= 4 is 22.9 Å². The minimum Gasteiger partial charge on any atom is -0.444 e. The summed E-state index contributed by atoms with van der Waals surface area (Å²) in [6.07, 6.45) is 3.72. The van der Waals surface area contributed by atoms with Crippen LogP contribution in [-0.2, 0) is 24.1 Å². The molecule has 1 amide bonds. The van der Waals surface area contributed by atoms with Gasteiger partial charge in [-0.05, 0) is 88.8 Å². The molecule has 1 N–H and O–H groups in total. The summed E-state index contributed by atoms with van der Waals surface area (Å²) in [5, 5.41) is 0. The molecule has 0 aliphatic carbocycles. The van der Waals surface area contributed by atoms with Crippen LogP contribution in [0.5, 0.6) is 0 Å². The van der Waals surface area contributed by atoms with Crippen LogP contribution >= 0.6 is 0 Å². The van der Waals surface area contributed by atoms with E-state index in [1.54, 1.807) is 4.90 Å². The number of anilines is 1. The number of nitrogens with zero attached hydrogens (tertiary/aromatic N) is 6. The summed E-state index contributed by atoms with van der Waals surface area (Å²) in [6.45, 7) is 20.0. The minimum absolute atomic E-state index is 0.237. The number of amides is 1. The van der Waals surface area contributed by atoms with Crippen molar-refractivity contribution in [1.82, 2.24) is 29.7 Å². The molecule has 0 saturated carbocycles. The Labute approximate surface area is 267 Å². The molecule has 0 bridgehead atoms. The molecule has 0 aromatic carbocycles. The molecule has 4 aromatic rings. The zero-order chi connectivity index (χ0) is 31.9. The van der Waals surface area contributed by atoms with Gasteiger partial charge in [0.05, 0.1) is 22.4 Å². The summed E-state index contributed by atoms with van der Waals surface area (Å²) in [6, 6.07) is 11.0. The molecule has 6 rings (SSSR count). The smallest absolute Gasteiger partial charge is 0.410 e. The van der Waals surface area contributed by atoms with Crippen molar-refractivity contribution in [2.24, 2.45) is 0 Å². The third kappa shape index (κ3) is 6.98. The fourth-order valence-corrected chi connectivity index (χ4v) is 6.58. The van der Waals surface area contributed by atoms with Gasteiger partial charge in [-0.2, -0.15) is 0 Å². The third-order valence-corrected chi connectivity index (χ3v) is 8.77. The number of fused-ring (bicyclic) bond motifs is 2. The van der Waals surface area contributed by atoms with Gasteiger partial charge in [0.2, 0.25) is 0 Å². The Morgan fingerprint density at radius 3 is 2.38 bits per heavy atom. The number of aromatic amines is 1. The number of carbonyl (C=O) groups excluding carboxylic acids is 1. The molecule has 2 aliphatic rings. The summed E-state index contributed by atoms with van der Waals surface area (Å²) in [5.74, 6) is 1.31. The van der Waals surface area contributed by atoms with E-state index in [-0.39, 0.29) is 6.09 Å². The maximum absolute atomic E-state index is 12.4. The Morgan fingerprint density at radius 2 is 1.73 bits per heavy atom. The Morgan fingerprint density at radius 1 is 1.00 bits per heavy atom. The van der Waals surface area contributed by atoms with Crippen LogP contribution in [0.25, 0.3) is 22.3 Å². The predicted molar refractivity (Wildman–Crippen MR) is 180 cm³/mol. The van der Waals surface area contributed by atoms with Gasteiger partial charge in [-0.3, -0.25) is 9.88 Å². The molecular weight excluding hydrogens is 562 g/mol. The normalized spacial score (nSPS) is 16.0. The molecule has 9 nitrogen and oxygen atoms in total. The maximum atomic E-state index is 12.4. The fourth-order valence-electron chi connectivity index (χ4n) is 6.58. The highest BCUT2D eigenvalue weighted by Crippen LogP contribution is 2.36. The van der Waals surface area contributed by atoms with Crippen LogP contribution in [0.4, 0.5) is 10.6 Å². The summed E-state index contributed by atoms with van der Waals surface area (Å²) < 4.78 is 5.53. The lowest BCUT2D eigenvalue weighted by atomic mass is 9.97. The summed E-state index contributed by atoms with van der Waals surface area (Å²) in [7, 11) is 0. The molecule has 2 aliphatic heterocycles. The Bertz CT molecular complexity index is 1660. The first kappa shape index (κ1) is 31.0. The molecule has 0 atom stereocenters. The second-order valence-corrected chi connectivity index (χ2v) is 14.0. The second kappa shape index (κ2) is 12.4. The van der Waals surface area contributed by atoms with Crippen LogP contribution in [0.2, 0.25) is 0 Å². The molecule has 9 heteroatoms. The number of nitrogens with one attached hydrogen (secondary N) is 1. The quantitative estimate of drug-likeness (QED) is 0.270. The average molecular weight is 610 g/mol. The highest BCUT2D eigenvalue weighted by atomic mass is 16.6. The SMILES string of the molecule is Cc1cc(-c2[nH]c3cc4c(nc3c2C(C)C)CN(CCc2ccc(N3CCN(C(=O)OC(C)(C)C)CC3)nc2)CC4)cc(C)n1. The van der Waals surface area contributed by atoms with Crippen LogP contribution in [0.1, 0.15) is 74.3 Å². The number of hydrogen-bond acceptors (Lipinski definition) is 7. The molecular formula is C36H47N7O2. The van der Waals surface area contributed by atoms with Crippen molar-refractivity contribution in [3.05, 3.63) is 70.3 Å². The molecule has 4 aromatic heterocycles. The van der Waals surface area contributed by atoms with Gasteiger partial charge in [0.15, 0.2) is 0 Å². The fraction of sp³-hybridized carbons (Fsp3) is 0.500. The monoisotopic (exact) mass is 609 g/mol. The van der Waals surface area contributed by atoms with Crippen LogP contribution in [0, 0.1) is 13.8 Å². The van der Waals surface area contributed by atoms with Crippen LogP contribution in [-0.4, -0.2) is 80.7 Å². The van der Waals surface area contributed by atoms with E-state index in [9.17, 15) is 4.79 Å². The van der Waals surface area contributed by atoms with Gasteiger partial charge in [0.1, 0.15) is 11.4 Å².